The molecule has 1 N–H and O–H groups in total. The van der Waals surface area contributed by atoms with Crippen molar-refractivity contribution < 1.29 is 14.3 Å². The summed E-state index contributed by atoms with van der Waals surface area (Å²) in [6.45, 7) is 6.60. The molecular weight excluding hydrogens is 291 g/mol. The van der Waals surface area contributed by atoms with Crippen LogP contribution < -0.4 is 0 Å². The number of aliphatic hydroxyl groups excluding tert-OH is 1. The van der Waals surface area contributed by atoms with E-state index in [-0.39, 0.29) is 23.0 Å². The van der Waals surface area contributed by atoms with Crippen molar-refractivity contribution in [2.24, 2.45) is 34.5 Å². The van der Waals surface area contributed by atoms with Gasteiger partial charge in [-0.25, -0.2) is 4.39 Å². The van der Waals surface area contributed by atoms with Crippen molar-refractivity contribution in [3.05, 3.63) is 23.8 Å². The summed E-state index contributed by atoms with van der Waals surface area (Å²) in [7, 11) is 0. The lowest BCUT2D eigenvalue weighted by Gasteiger charge is -2.58. The average molecular weight is 318 g/mol. The third-order valence-corrected chi connectivity index (χ3v) is 7.46. The average Bonchev–Trinajstić information content (AvgIpc) is 2.74. The summed E-state index contributed by atoms with van der Waals surface area (Å²) in [5.41, 5.74) is 0.230. The normalized spacial score (nSPS) is 55.0. The zero-order chi connectivity index (χ0) is 16.6. The molecule has 126 valence electrons. The van der Waals surface area contributed by atoms with Gasteiger partial charge in [0.25, 0.3) is 0 Å². The second kappa shape index (κ2) is 4.78. The Balaban J connectivity index is 1.79. The summed E-state index contributed by atoms with van der Waals surface area (Å²) in [6, 6.07) is 0. The van der Waals surface area contributed by atoms with Gasteiger partial charge in [0.1, 0.15) is 6.17 Å². The molecule has 0 spiro atoms. The number of fused-ring (bicyclic) bond motifs is 5. The van der Waals surface area contributed by atoms with Crippen LogP contribution in [0.2, 0.25) is 0 Å². The molecule has 0 aromatic rings. The van der Waals surface area contributed by atoms with E-state index in [0.717, 1.165) is 19.3 Å². The first kappa shape index (κ1) is 15.6. The van der Waals surface area contributed by atoms with Crippen LogP contribution in [0.3, 0.4) is 0 Å². The fourth-order valence-corrected chi connectivity index (χ4v) is 6.78. The van der Waals surface area contributed by atoms with Crippen molar-refractivity contribution in [1.29, 1.82) is 0 Å². The highest BCUT2D eigenvalue weighted by Crippen LogP contribution is 2.65. The second-order valence-electron chi connectivity index (χ2n) is 9.09. The van der Waals surface area contributed by atoms with E-state index in [4.69, 9.17) is 0 Å². The Morgan fingerprint density at radius 2 is 2.00 bits per heavy atom. The van der Waals surface area contributed by atoms with Crippen LogP contribution in [0.5, 0.6) is 0 Å². The monoisotopic (exact) mass is 318 g/mol. The lowest BCUT2D eigenvalue weighted by atomic mass is 9.47. The molecule has 4 rings (SSSR count). The molecule has 4 aliphatic rings. The van der Waals surface area contributed by atoms with Gasteiger partial charge in [-0.05, 0) is 66.6 Å². The molecule has 4 aliphatic carbocycles. The standard InChI is InChI=1S/C20H27FO2/c1-11-6-14-13-8-16(21)15-7-12(22)4-5-20(15,3)18(13)17(23)10-19(14,2)9-11/h4-5,7,11,13-14,16-18,23H,6,8-10H2,1-3H3/t11-,13?,14?,16+,17+,18?,19+,20+/m1/s1. The molecule has 3 unspecified atom stereocenters. The molecule has 0 aromatic carbocycles. The van der Waals surface area contributed by atoms with Gasteiger partial charge in [-0.15, -0.1) is 0 Å². The van der Waals surface area contributed by atoms with E-state index in [9.17, 15) is 14.3 Å². The molecular formula is C20H27FO2. The van der Waals surface area contributed by atoms with Crippen LogP contribution >= 0.6 is 0 Å². The minimum atomic E-state index is -1.05. The van der Waals surface area contributed by atoms with E-state index in [1.807, 2.05) is 13.0 Å². The van der Waals surface area contributed by atoms with Crippen molar-refractivity contribution in [1.82, 2.24) is 0 Å². The maximum absolute atomic E-state index is 15.0. The van der Waals surface area contributed by atoms with Gasteiger partial charge in [-0.1, -0.05) is 26.8 Å². The van der Waals surface area contributed by atoms with E-state index >= 15 is 0 Å². The molecule has 0 aromatic heterocycles. The fourth-order valence-electron chi connectivity index (χ4n) is 6.78. The number of aliphatic hydroxyl groups is 1. The first-order valence-corrected chi connectivity index (χ1v) is 9.02. The highest BCUT2D eigenvalue weighted by molar-refractivity contribution is 6.01. The zero-order valence-electron chi connectivity index (χ0n) is 14.3. The lowest BCUT2D eigenvalue weighted by Crippen LogP contribution is -2.56. The van der Waals surface area contributed by atoms with Crippen molar-refractivity contribution in [2.45, 2.75) is 58.7 Å². The van der Waals surface area contributed by atoms with Gasteiger partial charge in [-0.3, -0.25) is 4.79 Å². The number of hydrogen-bond acceptors (Lipinski definition) is 2. The topological polar surface area (TPSA) is 37.3 Å². The first-order chi connectivity index (χ1) is 10.7. The lowest BCUT2D eigenvalue weighted by molar-refractivity contribution is -0.118. The number of alkyl halides is 1. The summed E-state index contributed by atoms with van der Waals surface area (Å²) in [5.74, 6) is 1.27. The minimum Gasteiger partial charge on any atom is -0.393 e. The van der Waals surface area contributed by atoms with Crippen LogP contribution in [0.15, 0.2) is 23.8 Å². The summed E-state index contributed by atoms with van der Waals surface area (Å²) < 4.78 is 15.0. The van der Waals surface area contributed by atoms with Crippen LogP contribution in [0, 0.1) is 34.5 Å². The third-order valence-electron chi connectivity index (χ3n) is 7.46. The SMILES string of the molecule is C[C@@H]1CC2C3C[C@H](F)C4=CC(=O)C=C[C@]4(C)C3[C@@H](O)C[C@]2(C)C1. The Morgan fingerprint density at radius 1 is 1.26 bits per heavy atom. The van der Waals surface area contributed by atoms with Crippen molar-refractivity contribution in [3.8, 4) is 0 Å². The van der Waals surface area contributed by atoms with Crippen LogP contribution in [-0.4, -0.2) is 23.2 Å². The van der Waals surface area contributed by atoms with E-state index in [0.29, 0.717) is 23.8 Å². The molecule has 0 bridgehead atoms. The van der Waals surface area contributed by atoms with E-state index in [1.54, 1.807) is 6.08 Å². The van der Waals surface area contributed by atoms with Crippen molar-refractivity contribution in [2.75, 3.05) is 0 Å². The number of ketones is 1. The Morgan fingerprint density at radius 3 is 2.74 bits per heavy atom. The predicted octanol–water partition coefficient (Wildman–Crippen LogP) is 3.85. The molecule has 3 fully saturated rings. The molecule has 3 heteroatoms. The van der Waals surface area contributed by atoms with Gasteiger partial charge in [-0.2, -0.15) is 0 Å². The van der Waals surface area contributed by atoms with E-state index in [1.165, 1.54) is 6.08 Å². The van der Waals surface area contributed by atoms with Crippen molar-refractivity contribution in [3.63, 3.8) is 0 Å². The molecule has 23 heavy (non-hydrogen) atoms. The number of hydrogen-bond donors (Lipinski definition) is 1. The molecule has 0 aliphatic heterocycles. The number of allylic oxidation sites excluding steroid dienone is 4. The zero-order valence-corrected chi connectivity index (χ0v) is 14.3. The van der Waals surface area contributed by atoms with Gasteiger partial charge >= 0.3 is 0 Å². The van der Waals surface area contributed by atoms with Crippen LogP contribution in [0.25, 0.3) is 0 Å². The highest BCUT2D eigenvalue weighted by atomic mass is 19.1. The summed E-state index contributed by atoms with van der Waals surface area (Å²) in [4.78, 5) is 11.7. The summed E-state index contributed by atoms with van der Waals surface area (Å²) in [5, 5.41) is 11.0. The molecule has 0 amide bonds. The maximum atomic E-state index is 15.0. The smallest absolute Gasteiger partial charge is 0.178 e. The summed E-state index contributed by atoms with van der Waals surface area (Å²) >= 11 is 0. The quantitative estimate of drug-likeness (QED) is 0.736. The van der Waals surface area contributed by atoms with Gasteiger partial charge in [0, 0.05) is 11.3 Å². The first-order valence-electron chi connectivity index (χ1n) is 9.02. The number of carbonyl (C=O) groups is 1. The Kier molecular flexibility index (Phi) is 3.23. The van der Waals surface area contributed by atoms with Crippen molar-refractivity contribution >= 4 is 5.78 Å². The molecule has 0 heterocycles. The number of rotatable bonds is 0. The predicted molar refractivity (Wildman–Crippen MR) is 87.4 cm³/mol. The van der Waals surface area contributed by atoms with Crippen LogP contribution in [0.4, 0.5) is 4.39 Å². The maximum Gasteiger partial charge on any atom is 0.178 e. The molecule has 2 nitrogen and oxygen atoms in total. The van der Waals surface area contributed by atoms with E-state index in [2.05, 4.69) is 13.8 Å². The second-order valence-corrected chi connectivity index (χ2v) is 9.09. The Hall–Kier alpha value is -0.960. The van der Waals surface area contributed by atoms with Gasteiger partial charge < -0.3 is 5.11 Å². The third kappa shape index (κ3) is 2.05. The van der Waals surface area contributed by atoms with Gasteiger partial charge in [0.15, 0.2) is 5.78 Å². The van der Waals surface area contributed by atoms with Crippen LogP contribution in [-0.2, 0) is 4.79 Å². The fraction of sp³-hybridized carbons (Fsp3) is 0.750. The number of halogens is 1. The molecule has 0 saturated heterocycles. The van der Waals surface area contributed by atoms with Crippen LogP contribution in [0.1, 0.15) is 46.5 Å². The Labute approximate surface area is 137 Å². The van der Waals surface area contributed by atoms with Gasteiger partial charge in [0.2, 0.25) is 0 Å². The summed E-state index contributed by atoms with van der Waals surface area (Å²) in [6.07, 6.45) is 7.03. The van der Waals surface area contributed by atoms with E-state index < -0.39 is 17.7 Å². The molecule has 0 radical (unpaired) electrons. The molecule has 8 atom stereocenters. The highest BCUT2D eigenvalue weighted by Gasteiger charge is 2.61. The molecule has 3 saturated carbocycles. The largest absolute Gasteiger partial charge is 0.393 e. The van der Waals surface area contributed by atoms with Gasteiger partial charge in [0.05, 0.1) is 6.10 Å². The Bertz CT molecular complexity index is 609. The minimum absolute atomic E-state index is 0.0356. The number of carbonyl (C=O) groups excluding carboxylic acids is 1.